The number of anilines is 1. The van der Waals surface area contributed by atoms with E-state index in [1.807, 2.05) is 0 Å². The molecule has 23 heavy (non-hydrogen) atoms. The third-order valence-electron chi connectivity index (χ3n) is 3.00. The van der Waals surface area contributed by atoms with Crippen LogP contribution >= 0.6 is 22.9 Å². The van der Waals surface area contributed by atoms with E-state index in [1.54, 1.807) is 30.0 Å². The van der Waals surface area contributed by atoms with Gasteiger partial charge < -0.3 is 15.5 Å². The first-order valence-corrected chi connectivity index (χ1v) is 7.69. The van der Waals surface area contributed by atoms with E-state index in [4.69, 9.17) is 21.8 Å². The maximum atomic E-state index is 12.2. The molecule has 1 aromatic carbocycles. The molecule has 0 aliphatic rings. The van der Waals surface area contributed by atoms with Crippen LogP contribution in [-0.4, -0.2) is 16.8 Å². The normalized spacial score (nSPS) is 10.5. The van der Waals surface area contributed by atoms with Gasteiger partial charge in [-0.15, -0.1) is 11.3 Å². The number of nitrogens with zero attached hydrogens (tertiary/aromatic N) is 1. The first kappa shape index (κ1) is 15.3. The Hall–Kier alpha value is -2.64. The predicted molar refractivity (Wildman–Crippen MR) is 87.7 cm³/mol. The van der Waals surface area contributed by atoms with Crippen LogP contribution in [-0.2, 0) is 0 Å². The smallest absolute Gasteiger partial charge is 0.275 e. The van der Waals surface area contributed by atoms with Gasteiger partial charge >= 0.3 is 0 Å². The van der Waals surface area contributed by atoms with Crippen molar-refractivity contribution < 1.29 is 14.0 Å². The minimum absolute atomic E-state index is 0.174. The molecule has 0 radical (unpaired) electrons. The van der Waals surface area contributed by atoms with Crippen molar-refractivity contribution in [1.82, 2.24) is 4.98 Å². The zero-order valence-corrected chi connectivity index (χ0v) is 13.1. The fraction of sp³-hybridized carbons (Fsp3) is 0. The number of carbonyl (C=O) groups excluding carboxylic acids is 2. The van der Waals surface area contributed by atoms with Crippen molar-refractivity contribution in [2.24, 2.45) is 5.73 Å². The summed E-state index contributed by atoms with van der Waals surface area (Å²) in [5.41, 5.74) is 6.91. The molecule has 0 fully saturated rings. The molecule has 2 amide bonds. The van der Waals surface area contributed by atoms with Gasteiger partial charge in [-0.05, 0) is 24.3 Å². The Morgan fingerprint density at radius 3 is 2.78 bits per heavy atom. The number of thiazole rings is 1. The van der Waals surface area contributed by atoms with Crippen LogP contribution in [0.5, 0.6) is 0 Å². The fourth-order valence-corrected chi connectivity index (χ4v) is 2.94. The standard InChI is InChI=1S/C15H10ClN3O3S/c16-11-5-9(1-2-10(11)13(17)20)18-14(21)12-7-23-15(19-12)8-3-4-22-6-8/h1-7H,(H2,17,20)(H,18,21). The highest BCUT2D eigenvalue weighted by Gasteiger charge is 2.14. The lowest BCUT2D eigenvalue weighted by molar-refractivity contribution is 0.0998. The average molecular weight is 348 g/mol. The van der Waals surface area contributed by atoms with Crippen LogP contribution in [0, 0.1) is 0 Å². The number of furan rings is 1. The summed E-state index contributed by atoms with van der Waals surface area (Å²) >= 11 is 7.29. The van der Waals surface area contributed by atoms with E-state index in [2.05, 4.69) is 10.3 Å². The van der Waals surface area contributed by atoms with Crippen molar-refractivity contribution in [1.29, 1.82) is 0 Å². The number of aromatic nitrogens is 1. The molecule has 6 nitrogen and oxygen atoms in total. The fourth-order valence-electron chi connectivity index (χ4n) is 1.88. The Labute approximate surface area is 139 Å². The van der Waals surface area contributed by atoms with Crippen LogP contribution in [0.4, 0.5) is 5.69 Å². The Morgan fingerprint density at radius 2 is 2.13 bits per heavy atom. The minimum atomic E-state index is -0.628. The van der Waals surface area contributed by atoms with Crippen LogP contribution in [0.15, 0.2) is 46.6 Å². The van der Waals surface area contributed by atoms with E-state index in [-0.39, 0.29) is 22.2 Å². The molecule has 0 atom stereocenters. The molecule has 0 aliphatic carbocycles. The second-order valence-corrected chi connectivity index (χ2v) is 5.83. The summed E-state index contributed by atoms with van der Waals surface area (Å²) in [7, 11) is 0. The summed E-state index contributed by atoms with van der Waals surface area (Å²) in [5.74, 6) is -1.00. The van der Waals surface area contributed by atoms with Crippen LogP contribution in [0.25, 0.3) is 10.6 Å². The van der Waals surface area contributed by atoms with Crippen LogP contribution < -0.4 is 11.1 Å². The van der Waals surface area contributed by atoms with Gasteiger partial charge in [0.25, 0.3) is 5.91 Å². The lowest BCUT2D eigenvalue weighted by Gasteiger charge is -2.05. The number of carbonyl (C=O) groups is 2. The summed E-state index contributed by atoms with van der Waals surface area (Å²) in [5, 5.41) is 5.18. The molecule has 0 saturated carbocycles. The van der Waals surface area contributed by atoms with Crippen molar-refractivity contribution in [3.05, 3.63) is 58.5 Å². The highest BCUT2D eigenvalue weighted by Crippen LogP contribution is 2.25. The monoisotopic (exact) mass is 347 g/mol. The van der Waals surface area contributed by atoms with E-state index < -0.39 is 5.91 Å². The van der Waals surface area contributed by atoms with Crippen molar-refractivity contribution in [3.63, 3.8) is 0 Å². The highest BCUT2D eigenvalue weighted by molar-refractivity contribution is 7.13. The Morgan fingerprint density at radius 1 is 1.30 bits per heavy atom. The SMILES string of the molecule is NC(=O)c1ccc(NC(=O)c2csc(-c3ccoc3)n2)cc1Cl. The summed E-state index contributed by atoms with van der Waals surface area (Å²) in [6.45, 7) is 0. The molecule has 8 heteroatoms. The average Bonchev–Trinajstić information content (AvgIpc) is 3.18. The van der Waals surface area contributed by atoms with Gasteiger partial charge in [0, 0.05) is 16.6 Å². The Kier molecular flexibility index (Phi) is 4.14. The molecule has 0 unspecified atom stereocenters. The topological polar surface area (TPSA) is 98.2 Å². The molecule has 3 N–H and O–H groups in total. The van der Waals surface area contributed by atoms with Gasteiger partial charge in [-0.25, -0.2) is 4.98 Å². The molecule has 0 spiro atoms. The van der Waals surface area contributed by atoms with Gasteiger partial charge in [-0.3, -0.25) is 9.59 Å². The Balaban J connectivity index is 1.77. The minimum Gasteiger partial charge on any atom is -0.472 e. The Bertz CT molecular complexity index is 874. The maximum absolute atomic E-state index is 12.2. The maximum Gasteiger partial charge on any atom is 0.275 e. The second kappa shape index (κ2) is 6.23. The molecular weight excluding hydrogens is 338 g/mol. The number of nitrogens with one attached hydrogen (secondary N) is 1. The first-order chi connectivity index (χ1) is 11.0. The first-order valence-electron chi connectivity index (χ1n) is 6.43. The van der Waals surface area contributed by atoms with Crippen molar-refractivity contribution in [2.75, 3.05) is 5.32 Å². The van der Waals surface area contributed by atoms with Gasteiger partial charge in [0.15, 0.2) is 0 Å². The molecular formula is C15H10ClN3O3S. The lowest BCUT2D eigenvalue weighted by Crippen LogP contribution is -2.14. The second-order valence-electron chi connectivity index (χ2n) is 4.56. The summed E-state index contributed by atoms with van der Waals surface area (Å²) in [4.78, 5) is 27.6. The van der Waals surface area contributed by atoms with Gasteiger partial charge in [-0.2, -0.15) is 0 Å². The number of primary amides is 1. The summed E-state index contributed by atoms with van der Waals surface area (Å²) < 4.78 is 4.99. The quantitative estimate of drug-likeness (QED) is 0.755. The third kappa shape index (κ3) is 3.25. The summed E-state index contributed by atoms with van der Waals surface area (Å²) in [6, 6.07) is 6.23. The van der Waals surface area contributed by atoms with E-state index in [9.17, 15) is 9.59 Å². The highest BCUT2D eigenvalue weighted by atomic mass is 35.5. The molecule has 2 heterocycles. The number of nitrogens with two attached hydrogens (primary N) is 1. The van der Waals surface area contributed by atoms with E-state index >= 15 is 0 Å². The molecule has 0 bridgehead atoms. The molecule has 2 aromatic heterocycles. The predicted octanol–water partition coefficient (Wildman–Crippen LogP) is 3.41. The van der Waals surface area contributed by atoms with Crippen molar-refractivity contribution in [3.8, 4) is 10.6 Å². The van der Waals surface area contributed by atoms with Gasteiger partial charge in [-0.1, -0.05) is 11.6 Å². The molecule has 3 rings (SSSR count). The molecule has 0 aliphatic heterocycles. The number of benzene rings is 1. The van der Waals surface area contributed by atoms with Gasteiger partial charge in [0.1, 0.15) is 17.0 Å². The van der Waals surface area contributed by atoms with Crippen LogP contribution in [0.1, 0.15) is 20.8 Å². The number of halogens is 1. The molecule has 3 aromatic rings. The van der Waals surface area contributed by atoms with Crippen LogP contribution in [0.2, 0.25) is 5.02 Å². The van der Waals surface area contributed by atoms with Crippen molar-refractivity contribution in [2.45, 2.75) is 0 Å². The van der Waals surface area contributed by atoms with E-state index in [1.165, 1.54) is 23.5 Å². The van der Waals surface area contributed by atoms with Crippen LogP contribution in [0.3, 0.4) is 0 Å². The molecule has 0 saturated heterocycles. The van der Waals surface area contributed by atoms with Gasteiger partial charge in [0.05, 0.1) is 16.8 Å². The van der Waals surface area contributed by atoms with E-state index in [0.717, 1.165) is 5.56 Å². The van der Waals surface area contributed by atoms with Crippen molar-refractivity contribution >= 4 is 40.4 Å². The largest absolute Gasteiger partial charge is 0.472 e. The van der Waals surface area contributed by atoms with Gasteiger partial charge in [0.2, 0.25) is 5.91 Å². The third-order valence-corrected chi connectivity index (χ3v) is 4.20. The number of amides is 2. The zero-order valence-electron chi connectivity index (χ0n) is 11.6. The lowest BCUT2D eigenvalue weighted by atomic mass is 10.2. The molecule has 116 valence electrons. The summed E-state index contributed by atoms with van der Waals surface area (Å²) in [6.07, 6.45) is 3.10. The zero-order chi connectivity index (χ0) is 16.4. The van der Waals surface area contributed by atoms with E-state index in [0.29, 0.717) is 10.7 Å². The number of rotatable bonds is 4. The number of hydrogen-bond donors (Lipinski definition) is 2. The number of hydrogen-bond acceptors (Lipinski definition) is 5.